The molecule has 0 bridgehead atoms. The van der Waals surface area contributed by atoms with E-state index in [1.54, 1.807) is 0 Å². The molecule has 0 aliphatic rings. The van der Waals surface area contributed by atoms with Gasteiger partial charge in [0.25, 0.3) is 22.2 Å². The minimum absolute atomic E-state index is 0.185. The second kappa shape index (κ2) is 11.3. The lowest BCUT2D eigenvalue weighted by molar-refractivity contribution is 0.451. The van der Waals surface area contributed by atoms with E-state index < -0.39 is 0 Å². The number of halogens is 1. The Morgan fingerprint density at radius 3 is 1.54 bits per heavy atom. The largest absolute Gasteiger partial charge is 0.340 e. The molecule has 8 aromatic rings. The first-order valence-electron chi connectivity index (χ1n) is 17.7. The molecule has 0 spiro atoms. The van der Waals surface area contributed by atoms with Crippen LogP contribution in [0.4, 0.5) is 0 Å². The van der Waals surface area contributed by atoms with Gasteiger partial charge in [0.2, 0.25) is 0 Å². The highest BCUT2D eigenvalue weighted by Crippen LogP contribution is 2.51. The third-order valence-electron chi connectivity index (χ3n) is 11.3. The molecule has 8 rings (SSSR count). The zero-order valence-corrected chi connectivity index (χ0v) is 29.8. The van der Waals surface area contributed by atoms with Crippen LogP contribution in [0, 0.1) is 0 Å². The molecule has 48 heavy (non-hydrogen) atoms. The number of aryl methyl sites for hydroxylation is 1. The van der Waals surface area contributed by atoms with Gasteiger partial charge in [-0.25, -0.2) is 0 Å². The van der Waals surface area contributed by atoms with Gasteiger partial charge in [0.05, 0.1) is 21.8 Å². The molecule has 7 nitrogen and oxygen atoms in total. The Hall–Kier alpha value is -4.04. The van der Waals surface area contributed by atoms with Crippen molar-refractivity contribution < 1.29 is 0 Å². The summed E-state index contributed by atoms with van der Waals surface area (Å²) in [5, 5.41) is 9.22. The van der Waals surface area contributed by atoms with Crippen molar-refractivity contribution in [3.63, 3.8) is 0 Å². The molecule has 0 amide bonds. The fourth-order valence-corrected chi connectivity index (χ4v) is 9.61. The predicted octanol–water partition coefficient (Wildman–Crippen LogP) is 9.42. The zero-order chi connectivity index (χ0) is 33.8. The van der Waals surface area contributed by atoms with E-state index in [2.05, 4.69) is 27.4 Å². The van der Waals surface area contributed by atoms with E-state index in [1.807, 2.05) is 58.0 Å². The van der Waals surface area contributed by atoms with Crippen molar-refractivity contribution in [2.24, 2.45) is 0 Å². The topological polar surface area (TPSA) is 83.1 Å². The maximum absolute atomic E-state index is 14.4. The summed E-state index contributed by atoms with van der Waals surface area (Å²) in [7, 11) is 0. The molecule has 0 aliphatic heterocycles. The first kappa shape index (κ1) is 31.2. The monoisotopic (exact) mass is 705 g/mol. The Kier molecular flexibility index (Phi) is 7.33. The average Bonchev–Trinajstić information content (AvgIpc) is 3.41. The Morgan fingerprint density at radius 2 is 1.00 bits per heavy atom. The van der Waals surface area contributed by atoms with E-state index in [9.17, 15) is 19.2 Å². The molecule has 0 fully saturated rings. The summed E-state index contributed by atoms with van der Waals surface area (Å²) in [5.74, 6) is 0. The Balaban J connectivity index is 1.67. The lowest BCUT2D eigenvalue weighted by Crippen LogP contribution is -2.36. The maximum Gasteiger partial charge on any atom is 0.261 e. The molecule has 0 N–H and O–H groups in total. The van der Waals surface area contributed by atoms with Crippen LogP contribution in [0.2, 0.25) is 0 Å². The third kappa shape index (κ3) is 3.86. The van der Waals surface area contributed by atoms with Gasteiger partial charge in [0.1, 0.15) is 0 Å². The van der Waals surface area contributed by atoms with Gasteiger partial charge in [-0.15, -0.1) is 0 Å². The number of rotatable bonds is 11. The van der Waals surface area contributed by atoms with Gasteiger partial charge >= 0.3 is 0 Å². The lowest BCUT2D eigenvalue weighted by atomic mass is 9.86. The number of nitrogens with zero attached hydrogens (tertiary/aromatic N) is 3. The SMILES string of the molecule is CCCCCCn1c2cc3c(=O)n(C(CC)CC)c(=O)c4ccc5c6c(Br)cc7c(=O)n(C(CC)CC)c(=O)c8cc1c(c6c78)c2c5c43. The van der Waals surface area contributed by atoms with Crippen LogP contribution in [0.3, 0.4) is 0 Å². The number of unbranched alkanes of at least 4 members (excludes halogenated alkanes) is 3. The molecule has 0 saturated heterocycles. The smallest absolute Gasteiger partial charge is 0.261 e. The summed E-state index contributed by atoms with van der Waals surface area (Å²) in [6, 6.07) is 9.38. The molecular weight excluding hydrogens is 666 g/mol. The van der Waals surface area contributed by atoms with E-state index in [1.165, 1.54) is 9.13 Å². The second-order valence-electron chi connectivity index (χ2n) is 13.7. The minimum Gasteiger partial charge on any atom is -0.340 e. The number of fused-ring (bicyclic) bond motifs is 1. The van der Waals surface area contributed by atoms with Crippen molar-refractivity contribution in [3.8, 4) is 0 Å². The lowest BCUT2D eigenvalue weighted by Gasteiger charge is -2.21. The highest BCUT2D eigenvalue weighted by Gasteiger charge is 2.30. The van der Waals surface area contributed by atoms with Crippen LogP contribution in [0.5, 0.6) is 0 Å². The van der Waals surface area contributed by atoms with Crippen molar-refractivity contribution in [3.05, 3.63) is 76.2 Å². The fourth-order valence-electron chi connectivity index (χ4n) is 8.97. The molecule has 3 aromatic heterocycles. The van der Waals surface area contributed by atoms with Crippen molar-refractivity contribution >= 4 is 91.6 Å². The standard InChI is InChI=1S/C40H40BrN3O4/c1-6-11-12-13-16-42-28-18-25-30-23(37(45)43(39(25)47)20(7-2)8-3)15-14-22-32-27(41)17-24-31-26(40(48)44(38(24)46)21(9-4)10-5)19-29(42)35(36(31)32)34(28)33(22)30/h14-15,17-21H,6-13,16H2,1-5H3. The van der Waals surface area contributed by atoms with Crippen molar-refractivity contribution in [2.75, 3.05) is 0 Å². The number of pyridine rings is 2. The Morgan fingerprint density at radius 1 is 0.521 bits per heavy atom. The van der Waals surface area contributed by atoms with E-state index in [0.717, 1.165) is 80.1 Å². The summed E-state index contributed by atoms with van der Waals surface area (Å²) in [4.78, 5) is 57.2. The Labute approximate surface area is 285 Å². The molecular formula is C40H40BrN3O4. The molecule has 0 atom stereocenters. The zero-order valence-electron chi connectivity index (χ0n) is 28.3. The number of benzene rings is 5. The summed E-state index contributed by atoms with van der Waals surface area (Å²) in [5.41, 5.74) is 0.895. The quantitative estimate of drug-likeness (QED) is 0.0763. The highest BCUT2D eigenvalue weighted by molar-refractivity contribution is 9.10. The highest BCUT2D eigenvalue weighted by atomic mass is 79.9. The van der Waals surface area contributed by atoms with Crippen LogP contribution >= 0.6 is 15.9 Å². The second-order valence-corrected chi connectivity index (χ2v) is 14.5. The number of hydrogen-bond donors (Lipinski definition) is 0. The molecule has 246 valence electrons. The first-order valence-corrected chi connectivity index (χ1v) is 18.5. The maximum atomic E-state index is 14.4. The summed E-state index contributed by atoms with van der Waals surface area (Å²) in [6.07, 6.45) is 7.01. The molecule has 0 aliphatic carbocycles. The van der Waals surface area contributed by atoms with Crippen molar-refractivity contribution in [2.45, 2.75) is 105 Å². The van der Waals surface area contributed by atoms with Gasteiger partial charge < -0.3 is 4.57 Å². The van der Waals surface area contributed by atoms with Gasteiger partial charge in [-0.3, -0.25) is 28.3 Å². The normalized spacial score (nSPS) is 13.0. The molecule has 8 heteroatoms. The molecule has 0 saturated carbocycles. The Bertz CT molecular complexity index is 2770. The van der Waals surface area contributed by atoms with E-state index >= 15 is 0 Å². The van der Waals surface area contributed by atoms with Crippen LogP contribution < -0.4 is 22.2 Å². The van der Waals surface area contributed by atoms with Gasteiger partial charge in [0, 0.05) is 71.6 Å². The van der Waals surface area contributed by atoms with Crippen molar-refractivity contribution in [1.29, 1.82) is 0 Å². The van der Waals surface area contributed by atoms with Crippen LogP contribution in [-0.4, -0.2) is 13.7 Å². The average molecular weight is 707 g/mol. The van der Waals surface area contributed by atoms with E-state index in [4.69, 9.17) is 0 Å². The van der Waals surface area contributed by atoms with Gasteiger partial charge in [-0.05, 0) is 61.8 Å². The third-order valence-corrected chi connectivity index (χ3v) is 12.0. The van der Waals surface area contributed by atoms with Crippen LogP contribution in [0.25, 0.3) is 75.7 Å². The van der Waals surface area contributed by atoms with Crippen LogP contribution in [0.15, 0.2) is 54.0 Å². The van der Waals surface area contributed by atoms with Gasteiger partial charge in [0.15, 0.2) is 0 Å². The molecule has 3 heterocycles. The van der Waals surface area contributed by atoms with Gasteiger partial charge in [-0.1, -0.05) is 75.9 Å². The number of hydrogen-bond acceptors (Lipinski definition) is 4. The molecule has 0 unspecified atom stereocenters. The summed E-state index contributed by atoms with van der Waals surface area (Å²) >= 11 is 3.88. The van der Waals surface area contributed by atoms with Crippen molar-refractivity contribution in [1.82, 2.24) is 13.7 Å². The number of aromatic nitrogens is 3. The summed E-state index contributed by atoms with van der Waals surface area (Å²) in [6.45, 7) is 11.0. The van der Waals surface area contributed by atoms with Crippen LogP contribution in [-0.2, 0) is 6.54 Å². The predicted molar refractivity (Wildman–Crippen MR) is 204 cm³/mol. The van der Waals surface area contributed by atoms with Crippen LogP contribution in [0.1, 0.15) is 98.1 Å². The fraction of sp³-hybridized carbons (Fsp3) is 0.400. The molecule has 0 radical (unpaired) electrons. The van der Waals surface area contributed by atoms with E-state index in [-0.39, 0.29) is 34.3 Å². The minimum atomic E-state index is -0.253. The summed E-state index contributed by atoms with van der Waals surface area (Å²) < 4.78 is 6.02. The van der Waals surface area contributed by atoms with E-state index in [0.29, 0.717) is 58.0 Å². The van der Waals surface area contributed by atoms with Gasteiger partial charge in [-0.2, -0.15) is 0 Å². The first-order chi connectivity index (χ1) is 23.2. The molecule has 5 aromatic carbocycles.